The molecule has 1 aliphatic carbocycles. The third-order valence-electron chi connectivity index (χ3n) is 4.67. The van der Waals surface area contributed by atoms with E-state index in [0.29, 0.717) is 18.4 Å². The first kappa shape index (κ1) is 13.1. The van der Waals surface area contributed by atoms with E-state index < -0.39 is 0 Å². The third kappa shape index (κ3) is 2.62. The van der Waals surface area contributed by atoms with Crippen LogP contribution in [0.3, 0.4) is 0 Å². The Bertz CT molecular complexity index is 532. The fourth-order valence-electron chi connectivity index (χ4n) is 3.39. The highest BCUT2D eigenvalue weighted by Gasteiger charge is 2.49. The third-order valence-corrected chi connectivity index (χ3v) is 4.67. The number of aromatic nitrogens is 1. The van der Waals surface area contributed by atoms with Crippen molar-refractivity contribution in [2.75, 3.05) is 19.7 Å². The smallest absolute Gasteiger partial charge is 0.225 e. The van der Waals surface area contributed by atoms with Gasteiger partial charge in [0.15, 0.2) is 0 Å². The number of likely N-dealkylation sites (tertiary alicyclic amines) is 1. The van der Waals surface area contributed by atoms with E-state index in [2.05, 4.69) is 4.98 Å². The van der Waals surface area contributed by atoms with Crippen LogP contribution >= 0.6 is 0 Å². The molecule has 0 unspecified atom stereocenters. The van der Waals surface area contributed by atoms with Gasteiger partial charge in [-0.15, -0.1) is 0 Å². The maximum absolute atomic E-state index is 12.2. The summed E-state index contributed by atoms with van der Waals surface area (Å²) in [7, 11) is 0. The van der Waals surface area contributed by atoms with E-state index in [9.17, 15) is 4.79 Å². The van der Waals surface area contributed by atoms with Gasteiger partial charge in [0.2, 0.25) is 5.91 Å². The topological polar surface area (TPSA) is 51.7 Å². The second-order valence-electron chi connectivity index (χ2n) is 6.41. The van der Waals surface area contributed by atoms with E-state index in [1.807, 2.05) is 17.0 Å². The van der Waals surface area contributed by atoms with Crippen LogP contribution in [0.2, 0.25) is 0 Å². The predicted molar refractivity (Wildman–Crippen MR) is 75.9 cm³/mol. The van der Waals surface area contributed by atoms with E-state index in [-0.39, 0.29) is 11.7 Å². The molecule has 0 radical (unpaired) electrons. The highest BCUT2D eigenvalue weighted by molar-refractivity contribution is 5.81. The van der Waals surface area contributed by atoms with E-state index >= 15 is 0 Å². The normalized spacial score (nSPS) is 31.8. The minimum Gasteiger partial charge on any atom is -0.486 e. The van der Waals surface area contributed by atoms with Crippen molar-refractivity contribution in [3.05, 3.63) is 24.5 Å². The van der Waals surface area contributed by atoms with Crippen LogP contribution in [-0.2, 0) is 9.53 Å². The van der Waals surface area contributed by atoms with Crippen LogP contribution in [-0.4, -0.2) is 47.2 Å². The molecule has 5 heteroatoms. The Kier molecular flexibility index (Phi) is 3.10. The molecule has 5 nitrogen and oxygen atoms in total. The number of carbonyl (C=O) groups is 1. The number of amides is 1. The molecule has 1 aromatic rings. The molecule has 0 aromatic carbocycles. The van der Waals surface area contributed by atoms with Crippen LogP contribution in [0.4, 0.5) is 0 Å². The fraction of sp³-hybridized carbons (Fsp3) is 0.625. The SMILES string of the molecule is O=C(C1CC1)N1CC[C@@]2(C[C@@H](Oc3cccnc3)CO2)C1. The average molecular weight is 288 g/mol. The minimum absolute atomic E-state index is 0.0603. The first-order valence-electron chi connectivity index (χ1n) is 7.74. The van der Waals surface area contributed by atoms with Crippen LogP contribution in [0.25, 0.3) is 0 Å². The summed E-state index contributed by atoms with van der Waals surface area (Å²) < 4.78 is 12.0. The van der Waals surface area contributed by atoms with Gasteiger partial charge < -0.3 is 14.4 Å². The Morgan fingerprint density at radius 2 is 2.38 bits per heavy atom. The zero-order valence-corrected chi connectivity index (χ0v) is 12.0. The molecule has 112 valence electrons. The number of hydrogen-bond acceptors (Lipinski definition) is 4. The Hall–Kier alpha value is -1.62. The van der Waals surface area contributed by atoms with Crippen molar-refractivity contribution in [3.63, 3.8) is 0 Å². The zero-order valence-electron chi connectivity index (χ0n) is 12.0. The summed E-state index contributed by atoms with van der Waals surface area (Å²) in [5, 5.41) is 0. The van der Waals surface area contributed by atoms with Crippen LogP contribution in [0.15, 0.2) is 24.5 Å². The first-order valence-corrected chi connectivity index (χ1v) is 7.74. The van der Waals surface area contributed by atoms with Gasteiger partial charge in [-0.1, -0.05) is 0 Å². The number of hydrogen-bond donors (Lipinski definition) is 0. The van der Waals surface area contributed by atoms with Crippen LogP contribution < -0.4 is 4.74 Å². The van der Waals surface area contributed by atoms with Gasteiger partial charge in [0.05, 0.1) is 18.4 Å². The first-order chi connectivity index (χ1) is 10.2. The molecule has 0 bridgehead atoms. The Balaban J connectivity index is 1.36. The number of pyridine rings is 1. The van der Waals surface area contributed by atoms with Gasteiger partial charge in [0, 0.05) is 31.6 Å². The van der Waals surface area contributed by atoms with Crippen molar-refractivity contribution < 1.29 is 14.3 Å². The van der Waals surface area contributed by atoms with Crippen molar-refractivity contribution in [1.29, 1.82) is 0 Å². The Morgan fingerprint density at radius 1 is 1.48 bits per heavy atom. The molecular formula is C16H20N2O3. The fourth-order valence-corrected chi connectivity index (χ4v) is 3.39. The number of ether oxygens (including phenoxy) is 2. The molecule has 2 saturated heterocycles. The largest absolute Gasteiger partial charge is 0.486 e. The highest BCUT2D eigenvalue weighted by Crippen LogP contribution is 2.39. The van der Waals surface area contributed by atoms with Gasteiger partial charge >= 0.3 is 0 Å². The van der Waals surface area contributed by atoms with Gasteiger partial charge in [0.25, 0.3) is 0 Å². The van der Waals surface area contributed by atoms with Crippen molar-refractivity contribution >= 4 is 5.91 Å². The molecule has 4 rings (SSSR count). The van der Waals surface area contributed by atoms with Crippen molar-refractivity contribution in [2.45, 2.75) is 37.4 Å². The lowest BCUT2D eigenvalue weighted by atomic mass is 9.98. The molecule has 1 amide bonds. The molecule has 0 N–H and O–H groups in total. The molecule has 1 spiro atoms. The lowest BCUT2D eigenvalue weighted by Crippen LogP contribution is -2.36. The molecule has 3 heterocycles. The summed E-state index contributed by atoms with van der Waals surface area (Å²) in [5.74, 6) is 1.41. The van der Waals surface area contributed by atoms with E-state index in [1.165, 1.54) is 0 Å². The number of rotatable bonds is 3. The molecule has 3 aliphatic rings. The zero-order chi connectivity index (χ0) is 14.3. The lowest BCUT2D eigenvalue weighted by Gasteiger charge is -2.23. The molecule has 21 heavy (non-hydrogen) atoms. The van der Waals surface area contributed by atoms with Crippen LogP contribution in [0, 0.1) is 5.92 Å². The molecule has 1 aromatic heterocycles. The number of carbonyl (C=O) groups excluding carboxylic acids is 1. The van der Waals surface area contributed by atoms with Crippen molar-refractivity contribution in [1.82, 2.24) is 9.88 Å². The minimum atomic E-state index is -0.183. The van der Waals surface area contributed by atoms with E-state index in [0.717, 1.165) is 44.5 Å². The maximum Gasteiger partial charge on any atom is 0.225 e. The summed E-state index contributed by atoms with van der Waals surface area (Å²) >= 11 is 0. The molecule has 1 saturated carbocycles. The molecule has 3 fully saturated rings. The van der Waals surface area contributed by atoms with Crippen LogP contribution in [0.5, 0.6) is 5.75 Å². The van der Waals surface area contributed by atoms with Gasteiger partial charge in [-0.2, -0.15) is 0 Å². The quantitative estimate of drug-likeness (QED) is 0.848. The molecule has 2 aliphatic heterocycles. The summed E-state index contributed by atoms with van der Waals surface area (Å²) in [6.45, 7) is 2.16. The van der Waals surface area contributed by atoms with Gasteiger partial charge in [-0.25, -0.2) is 0 Å². The van der Waals surface area contributed by atoms with Gasteiger partial charge in [-0.3, -0.25) is 9.78 Å². The molecular weight excluding hydrogens is 268 g/mol. The number of nitrogens with zero attached hydrogens (tertiary/aromatic N) is 2. The second kappa shape index (κ2) is 4.98. The van der Waals surface area contributed by atoms with Crippen molar-refractivity contribution in [2.24, 2.45) is 5.92 Å². The lowest BCUT2D eigenvalue weighted by molar-refractivity contribution is -0.132. The van der Waals surface area contributed by atoms with Crippen molar-refractivity contribution in [3.8, 4) is 5.75 Å². The molecule has 2 atom stereocenters. The van der Waals surface area contributed by atoms with E-state index in [4.69, 9.17) is 9.47 Å². The standard InChI is InChI=1S/C16H20N2O3/c19-15(12-3-4-12)18-7-5-16(11-18)8-14(10-20-16)21-13-2-1-6-17-9-13/h1-2,6,9,12,14H,3-5,7-8,10-11H2/t14-,16-/m1/s1. The second-order valence-corrected chi connectivity index (χ2v) is 6.41. The predicted octanol–water partition coefficient (Wildman–Crippen LogP) is 1.63. The summed E-state index contributed by atoms with van der Waals surface area (Å²) in [6.07, 6.45) is 7.44. The van der Waals surface area contributed by atoms with Gasteiger partial charge in [-0.05, 0) is 31.4 Å². The summed E-state index contributed by atoms with van der Waals surface area (Å²) in [5.41, 5.74) is -0.183. The highest BCUT2D eigenvalue weighted by atomic mass is 16.6. The van der Waals surface area contributed by atoms with Gasteiger partial charge in [0.1, 0.15) is 11.9 Å². The average Bonchev–Trinajstić information content (AvgIpc) is 3.17. The summed E-state index contributed by atoms with van der Waals surface area (Å²) in [6, 6.07) is 3.78. The Labute approximate surface area is 124 Å². The Morgan fingerprint density at radius 3 is 3.14 bits per heavy atom. The van der Waals surface area contributed by atoms with E-state index in [1.54, 1.807) is 12.4 Å². The monoisotopic (exact) mass is 288 g/mol. The maximum atomic E-state index is 12.2. The van der Waals surface area contributed by atoms with Crippen LogP contribution in [0.1, 0.15) is 25.7 Å². The summed E-state index contributed by atoms with van der Waals surface area (Å²) in [4.78, 5) is 18.2.